The van der Waals surface area contributed by atoms with Crippen LogP contribution in [0, 0.1) is 6.92 Å². The summed E-state index contributed by atoms with van der Waals surface area (Å²) in [4.78, 5) is 1.24. The first-order valence-corrected chi connectivity index (χ1v) is 7.99. The molecule has 16 heavy (non-hydrogen) atoms. The fourth-order valence-corrected chi connectivity index (χ4v) is 2.71. The Bertz CT molecular complexity index is 429. The lowest BCUT2D eigenvalue weighted by Crippen LogP contribution is -2.23. The summed E-state index contributed by atoms with van der Waals surface area (Å²) in [5, 5.41) is 0. The van der Waals surface area contributed by atoms with Crippen molar-refractivity contribution in [3.8, 4) is 0 Å². The van der Waals surface area contributed by atoms with Gasteiger partial charge in [-0.3, -0.25) is 0 Å². The SMILES string of the molecule is Cc1cccc(SCCCNS(C)(=O)=O)c1. The van der Waals surface area contributed by atoms with Crippen LogP contribution in [0.25, 0.3) is 0 Å². The quantitative estimate of drug-likeness (QED) is 0.628. The standard InChI is InChI=1S/C11H17NO2S2/c1-10-5-3-6-11(9-10)15-8-4-7-12-16(2,13)14/h3,5-6,9,12H,4,7-8H2,1-2H3. The summed E-state index contributed by atoms with van der Waals surface area (Å²) in [6.45, 7) is 2.58. The van der Waals surface area contributed by atoms with Gasteiger partial charge in [-0.05, 0) is 31.2 Å². The molecule has 5 heteroatoms. The van der Waals surface area contributed by atoms with E-state index in [1.54, 1.807) is 11.8 Å². The minimum absolute atomic E-state index is 0.512. The number of thioether (sulfide) groups is 1. The second-order valence-electron chi connectivity index (χ2n) is 3.69. The summed E-state index contributed by atoms with van der Waals surface area (Å²) in [7, 11) is -3.04. The number of hydrogen-bond acceptors (Lipinski definition) is 3. The first-order chi connectivity index (χ1) is 7.47. The maximum absolute atomic E-state index is 10.8. The zero-order valence-corrected chi connectivity index (χ0v) is 11.2. The van der Waals surface area contributed by atoms with E-state index in [9.17, 15) is 8.42 Å². The van der Waals surface area contributed by atoms with Gasteiger partial charge in [-0.2, -0.15) is 0 Å². The van der Waals surface area contributed by atoms with E-state index in [0.717, 1.165) is 12.2 Å². The van der Waals surface area contributed by atoms with Crippen molar-refractivity contribution in [2.45, 2.75) is 18.2 Å². The van der Waals surface area contributed by atoms with Crippen molar-refractivity contribution < 1.29 is 8.42 Å². The molecule has 0 spiro atoms. The van der Waals surface area contributed by atoms with E-state index in [1.807, 2.05) is 6.07 Å². The lowest BCUT2D eigenvalue weighted by molar-refractivity contribution is 0.587. The first kappa shape index (κ1) is 13.5. The monoisotopic (exact) mass is 259 g/mol. The molecule has 0 radical (unpaired) electrons. The van der Waals surface area contributed by atoms with Gasteiger partial charge in [0.2, 0.25) is 10.0 Å². The smallest absolute Gasteiger partial charge is 0.208 e. The summed E-state index contributed by atoms with van der Waals surface area (Å²) < 4.78 is 24.1. The van der Waals surface area contributed by atoms with E-state index in [4.69, 9.17) is 0 Å². The number of benzene rings is 1. The largest absolute Gasteiger partial charge is 0.215 e. The average Bonchev–Trinajstić information content (AvgIpc) is 2.15. The number of aryl methyl sites for hydroxylation is 1. The molecule has 1 aromatic rings. The first-order valence-electron chi connectivity index (χ1n) is 5.11. The molecule has 0 fully saturated rings. The van der Waals surface area contributed by atoms with Crippen LogP contribution < -0.4 is 4.72 Å². The fraction of sp³-hybridized carbons (Fsp3) is 0.455. The molecule has 0 aliphatic heterocycles. The molecule has 0 unspecified atom stereocenters. The summed E-state index contributed by atoms with van der Waals surface area (Å²) in [5.41, 5.74) is 1.25. The van der Waals surface area contributed by atoms with Crippen molar-refractivity contribution in [2.24, 2.45) is 0 Å². The Morgan fingerprint density at radius 1 is 1.38 bits per heavy atom. The zero-order valence-electron chi connectivity index (χ0n) is 9.56. The van der Waals surface area contributed by atoms with Crippen molar-refractivity contribution in [3.63, 3.8) is 0 Å². The molecule has 90 valence electrons. The van der Waals surface area contributed by atoms with Gasteiger partial charge in [0.1, 0.15) is 0 Å². The molecule has 0 heterocycles. The van der Waals surface area contributed by atoms with Gasteiger partial charge in [0, 0.05) is 11.4 Å². The zero-order chi connectivity index (χ0) is 12.0. The summed E-state index contributed by atoms with van der Waals surface area (Å²) in [6.07, 6.45) is 2.02. The summed E-state index contributed by atoms with van der Waals surface area (Å²) in [5.74, 6) is 0.923. The van der Waals surface area contributed by atoms with Gasteiger partial charge >= 0.3 is 0 Å². The minimum atomic E-state index is -3.04. The van der Waals surface area contributed by atoms with Crippen LogP contribution in [0.4, 0.5) is 0 Å². The van der Waals surface area contributed by atoms with E-state index >= 15 is 0 Å². The van der Waals surface area contributed by atoms with Crippen molar-refractivity contribution in [3.05, 3.63) is 29.8 Å². The molecule has 0 aliphatic carbocycles. The van der Waals surface area contributed by atoms with Crippen LogP contribution in [0.2, 0.25) is 0 Å². The highest BCUT2D eigenvalue weighted by Gasteiger charge is 1.99. The molecule has 0 atom stereocenters. The van der Waals surface area contributed by atoms with E-state index in [2.05, 4.69) is 29.8 Å². The van der Waals surface area contributed by atoms with Gasteiger partial charge in [0.25, 0.3) is 0 Å². The number of sulfonamides is 1. The predicted octanol–water partition coefficient (Wildman–Crippen LogP) is 2.03. The number of nitrogens with one attached hydrogen (secondary N) is 1. The van der Waals surface area contributed by atoms with Crippen molar-refractivity contribution in [1.29, 1.82) is 0 Å². The molecule has 0 saturated carbocycles. The average molecular weight is 259 g/mol. The van der Waals surface area contributed by atoms with Gasteiger partial charge in [-0.1, -0.05) is 17.7 Å². The lowest BCUT2D eigenvalue weighted by atomic mass is 10.2. The fourth-order valence-electron chi connectivity index (χ4n) is 1.22. The number of rotatable bonds is 6. The molecule has 0 saturated heterocycles. The van der Waals surface area contributed by atoms with Crippen molar-refractivity contribution >= 4 is 21.8 Å². The topological polar surface area (TPSA) is 46.2 Å². The molecule has 3 nitrogen and oxygen atoms in total. The van der Waals surface area contributed by atoms with Gasteiger partial charge < -0.3 is 0 Å². The summed E-state index contributed by atoms with van der Waals surface area (Å²) >= 11 is 1.75. The Kier molecular flexibility index (Phi) is 5.31. The van der Waals surface area contributed by atoms with E-state index in [1.165, 1.54) is 16.7 Å². The van der Waals surface area contributed by atoms with Gasteiger partial charge in [-0.15, -0.1) is 11.8 Å². The molecule has 1 rings (SSSR count). The van der Waals surface area contributed by atoms with Crippen LogP contribution in [-0.2, 0) is 10.0 Å². The van der Waals surface area contributed by atoms with Crippen molar-refractivity contribution in [2.75, 3.05) is 18.6 Å². The van der Waals surface area contributed by atoms with Gasteiger partial charge in [0.15, 0.2) is 0 Å². The van der Waals surface area contributed by atoms with Crippen LogP contribution in [0.15, 0.2) is 29.2 Å². The van der Waals surface area contributed by atoms with Crippen LogP contribution in [-0.4, -0.2) is 27.0 Å². The molecule has 0 aromatic heterocycles. The number of hydrogen-bond donors (Lipinski definition) is 1. The molecule has 0 aliphatic rings. The van der Waals surface area contributed by atoms with Crippen molar-refractivity contribution in [1.82, 2.24) is 4.72 Å². The Hall–Kier alpha value is -0.520. The Morgan fingerprint density at radius 3 is 2.75 bits per heavy atom. The Morgan fingerprint density at radius 2 is 2.12 bits per heavy atom. The third kappa shape index (κ3) is 6.15. The molecule has 0 amide bonds. The molecule has 1 N–H and O–H groups in total. The van der Waals surface area contributed by atoms with Crippen LogP contribution in [0.1, 0.15) is 12.0 Å². The van der Waals surface area contributed by atoms with E-state index in [-0.39, 0.29) is 0 Å². The maximum atomic E-state index is 10.8. The van der Waals surface area contributed by atoms with Crippen LogP contribution in [0.5, 0.6) is 0 Å². The molecular weight excluding hydrogens is 242 g/mol. The third-order valence-corrected chi connectivity index (χ3v) is 3.75. The second-order valence-corrected chi connectivity index (χ2v) is 6.69. The Balaban J connectivity index is 2.21. The normalized spacial score (nSPS) is 11.6. The van der Waals surface area contributed by atoms with Crippen LogP contribution in [0.3, 0.4) is 0 Å². The van der Waals surface area contributed by atoms with E-state index in [0.29, 0.717) is 6.54 Å². The maximum Gasteiger partial charge on any atom is 0.208 e. The lowest BCUT2D eigenvalue weighted by Gasteiger charge is -2.03. The van der Waals surface area contributed by atoms with Gasteiger partial charge in [-0.25, -0.2) is 13.1 Å². The minimum Gasteiger partial charge on any atom is -0.215 e. The van der Waals surface area contributed by atoms with E-state index < -0.39 is 10.0 Å². The Labute approximate surface area is 102 Å². The molecular formula is C11H17NO2S2. The highest BCUT2D eigenvalue weighted by atomic mass is 32.2. The second kappa shape index (κ2) is 6.27. The molecule has 1 aromatic carbocycles. The van der Waals surface area contributed by atoms with Gasteiger partial charge in [0.05, 0.1) is 6.26 Å². The third-order valence-electron chi connectivity index (χ3n) is 1.94. The molecule has 0 bridgehead atoms. The summed E-state index contributed by atoms with van der Waals surface area (Å²) in [6, 6.07) is 8.30. The highest BCUT2D eigenvalue weighted by molar-refractivity contribution is 7.99. The van der Waals surface area contributed by atoms with Crippen LogP contribution >= 0.6 is 11.8 Å². The highest BCUT2D eigenvalue weighted by Crippen LogP contribution is 2.19. The predicted molar refractivity (Wildman–Crippen MR) is 69.4 cm³/mol.